The van der Waals surface area contributed by atoms with E-state index in [1.807, 2.05) is 23.5 Å². The van der Waals surface area contributed by atoms with Crippen LogP contribution < -0.4 is 5.32 Å². The van der Waals surface area contributed by atoms with Crippen molar-refractivity contribution >= 4 is 28.7 Å². The summed E-state index contributed by atoms with van der Waals surface area (Å²) in [4.78, 5) is 4.42. The Kier molecular flexibility index (Phi) is 3.66. The molecule has 1 fully saturated rings. The first-order valence-electron chi connectivity index (χ1n) is 5.31. The molecule has 0 spiro atoms. The highest BCUT2D eigenvalue weighted by atomic mass is 32.2. The Labute approximate surface area is 94.7 Å². The first-order valence-corrected chi connectivity index (χ1v) is 7.52. The molecule has 0 saturated heterocycles. The molecule has 4 heteroatoms. The molecule has 1 N–H and O–H groups in total. The van der Waals surface area contributed by atoms with Crippen LogP contribution in [0.2, 0.25) is 0 Å². The Bertz CT molecular complexity index is 222. The van der Waals surface area contributed by atoms with Gasteiger partial charge < -0.3 is 5.32 Å². The van der Waals surface area contributed by atoms with Gasteiger partial charge in [-0.05, 0) is 19.1 Å². The van der Waals surface area contributed by atoms with Gasteiger partial charge >= 0.3 is 0 Å². The third-order valence-corrected chi connectivity index (χ3v) is 5.45. The van der Waals surface area contributed by atoms with Gasteiger partial charge in [0.2, 0.25) is 0 Å². The van der Waals surface area contributed by atoms with Crippen LogP contribution in [-0.2, 0) is 0 Å². The SMILES string of the molecule is CSC1(CNC2=NCCS2)CCCC1. The van der Waals surface area contributed by atoms with Gasteiger partial charge in [0.05, 0.1) is 6.54 Å². The minimum Gasteiger partial charge on any atom is -0.364 e. The third-order valence-electron chi connectivity index (χ3n) is 3.10. The van der Waals surface area contributed by atoms with Gasteiger partial charge in [-0.1, -0.05) is 24.6 Å². The van der Waals surface area contributed by atoms with Crippen LogP contribution in [0.4, 0.5) is 0 Å². The minimum atomic E-state index is 0.506. The van der Waals surface area contributed by atoms with Gasteiger partial charge in [0.1, 0.15) is 0 Å². The monoisotopic (exact) mass is 230 g/mol. The Hall–Kier alpha value is 0.170. The second kappa shape index (κ2) is 4.79. The largest absolute Gasteiger partial charge is 0.364 e. The van der Waals surface area contributed by atoms with Crippen LogP contribution in [0.3, 0.4) is 0 Å². The number of aliphatic imine (C=N–C) groups is 1. The maximum absolute atomic E-state index is 4.42. The van der Waals surface area contributed by atoms with Gasteiger partial charge in [0.25, 0.3) is 0 Å². The van der Waals surface area contributed by atoms with Crippen molar-refractivity contribution in [2.45, 2.75) is 30.4 Å². The molecule has 0 aromatic carbocycles. The van der Waals surface area contributed by atoms with Gasteiger partial charge in [-0.15, -0.1) is 0 Å². The average Bonchev–Trinajstić information content (AvgIpc) is 2.87. The molecule has 0 atom stereocenters. The Morgan fingerprint density at radius 1 is 1.50 bits per heavy atom. The first-order chi connectivity index (χ1) is 6.85. The summed E-state index contributed by atoms with van der Waals surface area (Å²) >= 11 is 3.90. The Morgan fingerprint density at radius 2 is 2.29 bits per heavy atom. The predicted octanol–water partition coefficient (Wildman–Crippen LogP) is 2.35. The van der Waals surface area contributed by atoms with Crippen LogP contribution in [0, 0.1) is 0 Å². The molecule has 1 aliphatic carbocycles. The summed E-state index contributed by atoms with van der Waals surface area (Å²) in [5.74, 6) is 1.16. The topological polar surface area (TPSA) is 24.4 Å². The molecule has 2 aliphatic rings. The maximum atomic E-state index is 4.42. The smallest absolute Gasteiger partial charge is 0.156 e. The molecule has 1 saturated carbocycles. The molecule has 0 aromatic rings. The molecule has 0 bridgehead atoms. The van der Waals surface area contributed by atoms with Crippen molar-refractivity contribution in [3.8, 4) is 0 Å². The molecular weight excluding hydrogens is 212 g/mol. The van der Waals surface area contributed by atoms with Crippen molar-refractivity contribution in [1.29, 1.82) is 0 Å². The van der Waals surface area contributed by atoms with Crippen molar-refractivity contribution in [2.24, 2.45) is 4.99 Å². The van der Waals surface area contributed by atoms with E-state index in [1.165, 1.54) is 30.9 Å². The normalized spacial score (nSPS) is 25.1. The first kappa shape index (κ1) is 10.7. The summed E-state index contributed by atoms with van der Waals surface area (Å²) < 4.78 is 0.506. The fourth-order valence-corrected chi connectivity index (χ4v) is 3.80. The van der Waals surface area contributed by atoms with E-state index < -0.39 is 0 Å². The third kappa shape index (κ3) is 2.40. The minimum absolute atomic E-state index is 0.506. The highest BCUT2D eigenvalue weighted by molar-refractivity contribution is 8.14. The van der Waals surface area contributed by atoms with Crippen LogP contribution >= 0.6 is 23.5 Å². The van der Waals surface area contributed by atoms with Gasteiger partial charge in [0.15, 0.2) is 5.17 Å². The van der Waals surface area contributed by atoms with Crippen LogP contribution in [0.1, 0.15) is 25.7 Å². The van der Waals surface area contributed by atoms with Crippen LogP contribution in [0.15, 0.2) is 4.99 Å². The van der Waals surface area contributed by atoms with E-state index in [4.69, 9.17) is 0 Å². The van der Waals surface area contributed by atoms with E-state index in [0.29, 0.717) is 4.75 Å². The number of hydrogen-bond acceptors (Lipinski definition) is 4. The summed E-state index contributed by atoms with van der Waals surface area (Å²) in [5.41, 5.74) is 0. The fraction of sp³-hybridized carbons (Fsp3) is 0.900. The van der Waals surface area contributed by atoms with Crippen molar-refractivity contribution in [1.82, 2.24) is 5.32 Å². The molecule has 14 heavy (non-hydrogen) atoms. The van der Waals surface area contributed by atoms with Crippen molar-refractivity contribution in [3.05, 3.63) is 0 Å². The standard InChI is InChI=1S/C10H18N2S2/c1-13-10(4-2-3-5-10)8-12-9-11-6-7-14-9/h2-8H2,1H3,(H,11,12). The van der Waals surface area contributed by atoms with Crippen LogP contribution in [0.25, 0.3) is 0 Å². The van der Waals surface area contributed by atoms with E-state index in [-0.39, 0.29) is 0 Å². The maximum Gasteiger partial charge on any atom is 0.156 e. The quantitative estimate of drug-likeness (QED) is 0.805. The Morgan fingerprint density at radius 3 is 2.86 bits per heavy atom. The summed E-state index contributed by atoms with van der Waals surface area (Å²) in [5, 5.41) is 4.68. The molecule has 0 unspecified atom stereocenters. The molecule has 0 radical (unpaired) electrons. The van der Waals surface area contributed by atoms with Gasteiger partial charge in [-0.25, -0.2) is 0 Å². The predicted molar refractivity (Wildman–Crippen MR) is 67.5 cm³/mol. The molecule has 1 aliphatic heterocycles. The van der Waals surface area contributed by atoms with E-state index in [9.17, 15) is 0 Å². The lowest BCUT2D eigenvalue weighted by atomic mass is 10.1. The number of thioether (sulfide) groups is 2. The fourth-order valence-electron chi connectivity index (χ4n) is 2.15. The van der Waals surface area contributed by atoms with E-state index in [2.05, 4.69) is 16.6 Å². The zero-order valence-corrected chi connectivity index (χ0v) is 10.3. The molecule has 0 amide bonds. The summed E-state index contributed by atoms with van der Waals surface area (Å²) in [6.45, 7) is 2.11. The average molecular weight is 230 g/mol. The van der Waals surface area contributed by atoms with Crippen molar-refractivity contribution in [3.63, 3.8) is 0 Å². The molecule has 80 valence electrons. The van der Waals surface area contributed by atoms with Gasteiger partial charge in [0, 0.05) is 17.0 Å². The lowest BCUT2D eigenvalue weighted by molar-refractivity contribution is 0.593. The zero-order chi connectivity index (χ0) is 9.86. The number of nitrogens with zero attached hydrogens (tertiary/aromatic N) is 1. The zero-order valence-electron chi connectivity index (χ0n) is 8.71. The number of amidine groups is 1. The molecule has 2 rings (SSSR count). The van der Waals surface area contributed by atoms with Gasteiger partial charge in [-0.3, -0.25) is 4.99 Å². The molecule has 1 heterocycles. The van der Waals surface area contributed by atoms with E-state index in [0.717, 1.165) is 18.8 Å². The van der Waals surface area contributed by atoms with E-state index >= 15 is 0 Å². The van der Waals surface area contributed by atoms with Crippen LogP contribution in [0.5, 0.6) is 0 Å². The lowest BCUT2D eigenvalue weighted by Crippen LogP contribution is -2.36. The Balaban J connectivity index is 1.82. The van der Waals surface area contributed by atoms with Gasteiger partial charge in [-0.2, -0.15) is 11.8 Å². The second-order valence-electron chi connectivity index (χ2n) is 3.98. The van der Waals surface area contributed by atoms with Crippen molar-refractivity contribution < 1.29 is 0 Å². The highest BCUT2D eigenvalue weighted by Gasteiger charge is 2.33. The molecule has 0 aromatic heterocycles. The molecule has 2 nitrogen and oxygen atoms in total. The number of hydrogen-bond donors (Lipinski definition) is 1. The number of rotatable bonds is 3. The van der Waals surface area contributed by atoms with Crippen LogP contribution in [-0.4, -0.2) is 35.0 Å². The highest BCUT2D eigenvalue weighted by Crippen LogP contribution is 2.39. The summed E-state index contributed by atoms with van der Waals surface area (Å²) in [6, 6.07) is 0. The lowest BCUT2D eigenvalue weighted by Gasteiger charge is -2.27. The van der Waals surface area contributed by atoms with Crippen molar-refractivity contribution in [2.75, 3.05) is 25.1 Å². The molecular formula is C10H18N2S2. The summed E-state index contributed by atoms with van der Waals surface area (Å²) in [7, 11) is 0. The second-order valence-corrected chi connectivity index (χ2v) is 6.34. The number of nitrogens with one attached hydrogen (secondary N) is 1. The van der Waals surface area contributed by atoms with E-state index in [1.54, 1.807) is 0 Å². The summed E-state index contributed by atoms with van der Waals surface area (Å²) in [6.07, 6.45) is 7.80.